The highest BCUT2D eigenvalue weighted by Gasteiger charge is 2.07. The highest BCUT2D eigenvalue weighted by Crippen LogP contribution is 2.15. The molecule has 2 N–H and O–H groups in total. The maximum atomic E-state index is 4.37. The van der Waals surface area contributed by atoms with Crippen LogP contribution in [0.15, 0.2) is 65.9 Å². The molecule has 0 aliphatic rings. The van der Waals surface area contributed by atoms with E-state index in [1.54, 1.807) is 7.05 Å². The summed E-state index contributed by atoms with van der Waals surface area (Å²) in [6.45, 7) is 1.49. The fraction of sp³-hybridized carbons (Fsp3) is 0.211. The second-order valence-corrected chi connectivity index (χ2v) is 5.78. The molecular weight excluding hydrogens is 439 g/mol. The molecule has 136 valence electrons. The van der Waals surface area contributed by atoms with E-state index >= 15 is 0 Å². The van der Waals surface area contributed by atoms with Gasteiger partial charge in [-0.05, 0) is 17.2 Å². The molecular formula is C19H23IN6. The average Bonchev–Trinajstić information content (AvgIpc) is 3.18. The Morgan fingerprint density at radius 1 is 1.12 bits per heavy atom. The molecule has 0 bridgehead atoms. The van der Waals surface area contributed by atoms with Crippen LogP contribution in [0.2, 0.25) is 0 Å². The Morgan fingerprint density at radius 3 is 2.58 bits per heavy atom. The van der Waals surface area contributed by atoms with Gasteiger partial charge < -0.3 is 10.2 Å². The van der Waals surface area contributed by atoms with Crippen LogP contribution < -0.4 is 5.32 Å². The molecule has 0 aliphatic carbocycles. The molecule has 3 aromatic rings. The lowest BCUT2D eigenvalue weighted by molar-refractivity contribution is 0.476. The van der Waals surface area contributed by atoms with E-state index in [4.69, 9.17) is 0 Å². The molecule has 2 aromatic carbocycles. The highest BCUT2D eigenvalue weighted by molar-refractivity contribution is 14.0. The van der Waals surface area contributed by atoms with Gasteiger partial charge in [-0.25, -0.2) is 4.98 Å². The van der Waals surface area contributed by atoms with Crippen molar-refractivity contribution in [3.63, 3.8) is 0 Å². The third-order valence-corrected chi connectivity index (χ3v) is 3.90. The zero-order valence-electron chi connectivity index (χ0n) is 14.9. The number of rotatable bonds is 5. The molecule has 0 unspecified atom stereocenters. The molecule has 0 radical (unpaired) electrons. The first-order chi connectivity index (χ1) is 12.3. The largest absolute Gasteiger partial charge is 0.352 e. The third-order valence-electron chi connectivity index (χ3n) is 3.90. The summed E-state index contributed by atoms with van der Waals surface area (Å²) in [5.41, 5.74) is 3.42. The van der Waals surface area contributed by atoms with E-state index in [0.29, 0.717) is 6.54 Å². The molecule has 0 spiro atoms. The number of nitrogens with one attached hydrogen (secondary N) is 2. The lowest BCUT2D eigenvalue weighted by Gasteiger charge is -2.22. The smallest absolute Gasteiger partial charge is 0.193 e. The number of benzene rings is 2. The summed E-state index contributed by atoms with van der Waals surface area (Å²) in [5, 5.41) is 10.2. The highest BCUT2D eigenvalue weighted by atomic mass is 127. The Labute approximate surface area is 170 Å². The number of nitrogens with zero attached hydrogens (tertiary/aromatic N) is 4. The summed E-state index contributed by atoms with van der Waals surface area (Å²) >= 11 is 0. The van der Waals surface area contributed by atoms with Crippen LogP contribution in [0.25, 0.3) is 11.4 Å². The quantitative estimate of drug-likeness (QED) is 0.347. The minimum Gasteiger partial charge on any atom is -0.352 e. The Hall–Kier alpha value is -2.42. The molecule has 7 heteroatoms. The molecule has 3 rings (SSSR count). The van der Waals surface area contributed by atoms with Crippen molar-refractivity contribution < 1.29 is 0 Å². The molecule has 0 fully saturated rings. The number of guanidine groups is 1. The lowest BCUT2D eigenvalue weighted by Crippen LogP contribution is -2.38. The Balaban J connectivity index is 0.00000243. The SMILES string of the molecule is CN=C(NCc1cccc(-c2ncn[nH]2)c1)N(C)Cc1ccccc1.I. The number of H-pyrrole nitrogens is 1. The minimum absolute atomic E-state index is 0. The fourth-order valence-electron chi connectivity index (χ4n) is 2.67. The minimum atomic E-state index is 0. The predicted molar refractivity (Wildman–Crippen MR) is 115 cm³/mol. The van der Waals surface area contributed by atoms with Gasteiger partial charge in [0.1, 0.15) is 6.33 Å². The lowest BCUT2D eigenvalue weighted by atomic mass is 10.1. The summed E-state index contributed by atoms with van der Waals surface area (Å²) in [6.07, 6.45) is 1.51. The Kier molecular flexibility index (Phi) is 7.58. The molecule has 1 heterocycles. The van der Waals surface area contributed by atoms with Crippen LogP contribution in [0.4, 0.5) is 0 Å². The van der Waals surface area contributed by atoms with Gasteiger partial charge in [0.15, 0.2) is 11.8 Å². The van der Waals surface area contributed by atoms with Crippen molar-refractivity contribution in [3.05, 3.63) is 72.1 Å². The van der Waals surface area contributed by atoms with Crippen molar-refractivity contribution in [2.75, 3.05) is 14.1 Å². The second-order valence-electron chi connectivity index (χ2n) is 5.78. The normalized spacial score (nSPS) is 10.9. The molecule has 0 atom stereocenters. The maximum absolute atomic E-state index is 4.37. The van der Waals surface area contributed by atoms with Gasteiger partial charge in [-0.15, -0.1) is 24.0 Å². The molecule has 0 amide bonds. The van der Waals surface area contributed by atoms with Gasteiger partial charge in [0.2, 0.25) is 0 Å². The van der Waals surface area contributed by atoms with Gasteiger partial charge in [0, 0.05) is 32.7 Å². The Bertz CT molecular complexity index is 817. The monoisotopic (exact) mass is 462 g/mol. The zero-order valence-corrected chi connectivity index (χ0v) is 17.2. The van der Waals surface area contributed by atoms with Gasteiger partial charge in [-0.1, -0.05) is 48.5 Å². The number of hydrogen-bond donors (Lipinski definition) is 2. The van der Waals surface area contributed by atoms with Crippen molar-refractivity contribution in [1.82, 2.24) is 25.4 Å². The van der Waals surface area contributed by atoms with E-state index in [1.165, 1.54) is 11.9 Å². The second kappa shape index (κ2) is 9.91. The molecule has 1 aromatic heterocycles. The molecule has 26 heavy (non-hydrogen) atoms. The van der Waals surface area contributed by atoms with Crippen LogP contribution >= 0.6 is 24.0 Å². The maximum Gasteiger partial charge on any atom is 0.193 e. The van der Waals surface area contributed by atoms with Crippen LogP contribution in [0, 0.1) is 0 Å². The zero-order chi connectivity index (χ0) is 17.5. The Morgan fingerprint density at radius 2 is 1.88 bits per heavy atom. The topological polar surface area (TPSA) is 69.2 Å². The fourth-order valence-corrected chi connectivity index (χ4v) is 2.67. The van der Waals surface area contributed by atoms with E-state index in [2.05, 4.69) is 54.7 Å². The third kappa shape index (κ3) is 5.29. The van der Waals surface area contributed by atoms with Crippen LogP contribution in [0.3, 0.4) is 0 Å². The van der Waals surface area contributed by atoms with Crippen molar-refractivity contribution in [3.8, 4) is 11.4 Å². The molecule has 6 nitrogen and oxygen atoms in total. The summed E-state index contributed by atoms with van der Waals surface area (Å²) in [6, 6.07) is 18.6. The molecule has 0 aliphatic heterocycles. The van der Waals surface area contributed by atoms with Crippen molar-refractivity contribution in [2.24, 2.45) is 4.99 Å². The average molecular weight is 462 g/mol. The van der Waals surface area contributed by atoms with E-state index in [9.17, 15) is 0 Å². The van der Waals surface area contributed by atoms with Crippen LogP contribution in [0.5, 0.6) is 0 Å². The van der Waals surface area contributed by atoms with Crippen molar-refractivity contribution in [2.45, 2.75) is 13.1 Å². The summed E-state index contributed by atoms with van der Waals surface area (Å²) in [7, 11) is 3.84. The number of aromatic amines is 1. The number of aromatic nitrogens is 3. The van der Waals surface area contributed by atoms with E-state index in [0.717, 1.165) is 29.5 Å². The van der Waals surface area contributed by atoms with E-state index in [1.807, 2.05) is 37.4 Å². The van der Waals surface area contributed by atoms with Crippen LogP contribution in [0.1, 0.15) is 11.1 Å². The number of hydrogen-bond acceptors (Lipinski definition) is 3. The van der Waals surface area contributed by atoms with Crippen LogP contribution in [-0.2, 0) is 13.1 Å². The van der Waals surface area contributed by atoms with Crippen molar-refractivity contribution in [1.29, 1.82) is 0 Å². The first-order valence-electron chi connectivity index (χ1n) is 8.16. The van der Waals surface area contributed by atoms with Gasteiger partial charge in [-0.2, -0.15) is 5.10 Å². The van der Waals surface area contributed by atoms with E-state index < -0.39 is 0 Å². The summed E-state index contributed by atoms with van der Waals surface area (Å²) in [4.78, 5) is 10.7. The van der Waals surface area contributed by atoms with Gasteiger partial charge in [-0.3, -0.25) is 10.1 Å². The van der Waals surface area contributed by atoms with Gasteiger partial charge in [0.25, 0.3) is 0 Å². The van der Waals surface area contributed by atoms with Gasteiger partial charge in [0.05, 0.1) is 0 Å². The summed E-state index contributed by atoms with van der Waals surface area (Å²) in [5.74, 6) is 1.63. The first-order valence-corrected chi connectivity index (χ1v) is 8.16. The van der Waals surface area contributed by atoms with Crippen molar-refractivity contribution >= 4 is 29.9 Å². The number of halogens is 1. The van der Waals surface area contributed by atoms with Gasteiger partial charge >= 0.3 is 0 Å². The molecule has 0 saturated heterocycles. The standard InChI is InChI=1S/C19H22N6.HI/c1-20-19(25(2)13-15-7-4-3-5-8-15)21-12-16-9-6-10-17(11-16)18-22-14-23-24-18;/h3-11,14H,12-13H2,1-2H3,(H,20,21)(H,22,23,24);1H. The summed E-state index contributed by atoms with van der Waals surface area (Å²) < 4.78 is 0. The molecule has 0 saturated carbocycles. The first kappa shape index (κ1) is 19.9. The number of aliphatic imine (C=N–C) groups is 1. The predicted octanol–water partition coefficient (Wildman–Crippen LogP) is 3.30. The van der Waals surface area contributed by atoms with Crippen LogP contribution in [-0.4, -0.2) is 40.1 Å². The van der Waals surface area contributed by atoms with E-state index in [-0.39, 0.29) is 24.0 Å².